The highest BCUT2D eigenvalue weighted by atomic mass is 32.1. The molecular formula is C27H32N2O3S. The highest BCUT2D eigenvalue weighted by Crippen LogP contribution is 2.43. The van der Waals surface area contributed by atoms with Gasteiger partial charge in [-0.2, -0.15) is 0 Å². The number of hydrogen-bond donors (Lipinski definition) is 1. The molecule has 5 nitrogen and oxygen atoms in total. The average molecular weight is 465 g/mol. The maximum absolute atomic E-state index is 13.1. The van der Waals surface area contributed by atoms with E-state index in [1.807, 2.05) is 42.5 Å². The number of methoxy groups -OCH3 is 1. The van der Waals surface area contributed by atoms with Crippen LogP contribution in [0.1, 0.15) is 51.8 Å². The number of hydrogen-bond acceptors (Lipinski definition) is 5. The molecule has 1 N–H and O–H groups in total. The summed E-state index contributed by atoms with van der Waals surface area (Å²) in [5, 5.41) is 4.13. The largest absolute Gasteiger partial charge is 0.497 e. The Morgan fingerprint density at radius 1 is 1.06 bits per heavy atom. The number of thiophene rings is 1. The Bertz CT molecular complexity index is 1080. The van der Waals surface area contributed by atoms with Crippen molar-refractivity contribution in [3.05, 3.63) is 81.7 Å². The molecule has 3 aromatic rings. The summed E-state index contributed by atoms with van der Waals surface area (Å²) in [6, 6.07) is 17.6. The van der Waals surface area contributed by atoms with Crippen LogP contribution in [0, 0.1) is 13.8 Å². The molecule has 1 aromatic heterocycles. The third kappa shape index (κ3) is 5.13. The lowest BCUT2D eigenvalue weighted by Gasteiger charge is -2.41. The summed E-state index contributed by atoms with van der Waals surface area (Å²) >= 11 is 1.65. The number of carbonyl (C=O) groups is 1. The quantitative estimate of drug-likeness (QED) is 0.499. The lowest BCUT2D eigenvalue weighted by Crippen LogP contribution is -2.47. The first-order chi connectivity index (χ1) is 15.9. The standard InChI is InChI=1S/C27H32N2O3S/c1-17-15-29(16-18(2)32-17)25(21-11-13-23(31-5)14-12-21)24-19(3)20(4)33-27(24)28-26(30)22-9-7-6-8-10-22/h6-14,17-18,25H,15-16H2,1-5H3,(H,28,30)/t17-,18+,25-/m1/s1. The molecule has 0 bridgehead atoms. The molecule has 1 fully saturated rings. The number of benzene rings is 2. The van der Waals surface area contributed by atoms with Crippen LogP contribution in [0.4, 0.5) is 5.00 Å². The van der Waals surface area contributed by atoms with Gasteiger partial charge in [-0.05, 0) is 63.1 Å². The number of morpholine rings is 1. The number of anilines is 1. The van der Waals surface area contributed by atoms with Gasteiger partial charge in [-0.25, -0.2) is 0 Å². The zero-order chi connectivity index (χ0) is 23.5. The fourth-order valence-electron chi connectivity index (χ4n) is 4.61. The minimum atomic E-state index is -0.0877. The summed E-state index contributed by atoms with van der Waals surface area (Å²) in [7, 11) is 1.68. The predicted octanol–water partition coefficient (Wildman–Crippen LogP) is 5.82. The van der Waals surface area contributed by atoms with Crippen molar-refractivity contribution in [2.75, 3.05) is 25.5 Å². The molecule has 1 amide bonds. The molecule has 0 radical (unpaired) electrons. The van der Waals surface area contributed by atoms with Crippen molar-refractivity contribution in [2.24, 2.45) is 0 Å². The van der Waals surface area contributed by atoms with Crippen LogP contribution >= 0.6 is 11.3 Å². The van der Waals surface area contributed by atoms with E-state index in [2.05, 4.69) is 50.0 Å². The van der Waals surface area contributed by atoms with Crippen LogP contribution in [0.15, 0.2) is 54.6 Å². The molecule has 1 aliphatic rings. The SMILES string of the molecule is COc1ccc([C@H](c2c(NC(=O)c3ccccc3)sc(C)c2C)N2C[C@@H](C)O[C@@H](C)C2)cc1. The molecule has 0 aliphatic carbocycles. The van der Waals surface area contributed by atoms with Gasteiger partial charge in [0.05, 0.1) is 25.4 Å². The second kappa shape index (κ2) is 10.1. The maximum Gasteiger partial charge on any atom is 0.256 e. The Morgan fingerprint density at radius 3 is 2.30 bits per heavy atom. The van der Waals surface area contributed by atoms with Crippen LogP contribution in [-0.2, 0) is 4.74 Å². The van der Waals surface area contributed by atoms with Crippen LogP contribution in [0.2, 0.25) is 0 Å². The highest BCUT2D eigenvalue weighted by Gasteiger charge is 2.34. The Balaban J connectivity index is 1.78. The van der Waals surface area contributed by atoms with E-state index in [-0.39, 0.29) is 24.2 Å². The van der Waals surface area contributed by atoms with E-state index in [9.17, 15) is 4.79 Å². The van der Waals surface area contributed by atoms with Crippen LogP contribution in [0.5, 0.6) is 5.75 Å². The minimum Gasteiger partial charge on any atom is -0.497 e. The number of ether oxygens (including phenoxy) is 2. The Hall–Kier alpha value is -2.67. The van der Waals surface area contributed by atoms with Gasteiger partial charge in [0.2, 0.25) is 0 Å². The third-order valence-corrected chi connectivity index (χ3v) is 7.35. The van der Waals surface area contributed by atoms with Gasteiger partial charge < -0.3 is 14.8 Å². The molecule has 174 valence electrons. The smallest absolute Gasteiger partial charge is 0.256 e. The first-order valence-corrected chi connectivity index (χ1v) is 12.2. The molecule has 4 rings (SSSR count). The zero-order valence-corrected chi connectivity index (χ0v) is 20.7. The van der Waals surface area contributed by atoms with Gasteiger partial charge in [-0.3, -0.25) is 9.69 Å². The number of carbonyl (C=O) groups excluding carboxylic acids is 1. The Morgan fingerprint density at radius 2 is 1.70 bits per heavy atom. The fraction of sp³-hybridized carbons (Fsp3) is 0.370. The van der Waals surface area contributed by atoms with Crippen molar-refractivity contribution in [3.63, 3.8) is 0 Å². The molecule has 3 atom stereocenters. The van der Waals surface area contributed by atoms with Gasteiger partial charge >= 0.3 is 0 Å². The topological polar surface area (TPSA) is 50.8 Å². The van der Waals surface area contributed by atoms with Gasteiger partial charge in [0.1, 0.15) is 10.8 Å². The van der Waals surface area contributed by atoms with Gasteiger partial charge in [-0.1, -0.05) is 30.3 Å². The number of rotatable bonds is 6. The normalized spacial score (nSPS) is 19.8. The lowest BCUT2D eigenvalue weighted by atomic mass is 9.93. The minimum absolute atomic E-state index is 0.000675. The number of aryl methyl sites for hydroxylation is 1. The van der Waals surface area contributed by atoms with E-state index in [1.165, 1.54) is 16.0 Å². The van der Waals surface area contributed by atoms with Crippen molar-refractivity contribution in [1.29, 1.82) is 0 Å². The predicted molar refractivity (Wildman–Crippen MR) is 135 cm³/mol. The van der Waals surface area contributed by atoms with Crippen molar-refractivity contribution in [2.45, 2.75) is 45.9 Å². The van der Waals surface area contributed by atoms with Crippen LogP contribution < -0.4 is 10.1 Å². The van der Waals surface area contributed by atoms with Crippen molar-refractivity contribution < 1.29 is 14.3 Å². The third-order valence-electron chi connectivity index (χ3n) is 6.21. The van der Waals surface area contributed by atoms with Crippen molar-refractivity contribution in [1.82, 2.24) is 4.90 Å². The van der Waals surface area contributed by atoms with E-state index < -0.39 is 0 Å². The summed E-state index contributed by atoms with van der Waals surface area (Å²) in [5.74, 6) is 0.743. The van der Waals surface area contributed by atoms with Crippen LogP contribution in [-0.4, -0.2) is 43.2 Å². The fourth-order valence-corrected chi connectivity index (χ4v) is 5.69. The molecule has 0 unspecified atom stereocenters. The molecule has 1 aliphatic heterocycles. The first-order valence-electron chi connectivity index (χ1n) is 11.4. The zero-order valence-electron chi connectivity index (χ0n) is 19.9. The van der Waals surface area contributed by atoms with E-state index in [0.717, 1.165) is 29.4 Å². The van der Waals surface area contributed by atoms with E-state index in [1.54, 1.807) is 18.4 Å². The summed E-state index contributed by atoms with van der Waals surface area (Å²) in [6.45, 7) is 10.2. The molecule has 6 heteroatoms. The van der Waals surface area contributed by atoms with Gasteiger partial charge in [0.15, 0.2) is 0 Å². The highest BCUT2D eigenvalue weighted by molar-refractivity contribution is 7.16. The van der Waals surface area contributed by atoms with Gasteiger partial charge in [0, 0.05) is 29.1 Å². The summed E-state index contributed by atoms with van der Waals surface area (Å²) < 4.78 is 11.4. The number of nitrogens with zero attached hydrogens (tertiary/aromatic N) is 1. The molecule has 2 heterocycles. The average Bonchev–Trinajstić information content (AvgIpc) is 3.07. The maximum atomic E-state index is 13.1. The second-order valence-corrected chi connectivity index (χ2v) is 9.96. The van der Waals surface area contributed by atoms with Crippen molar-refractivity contribution in [3.8, 4) is 5.75 Å². The summed E-state index contributed by atoms with van der Waals surface area (Å²) in [5.41, 5.74) is 4.21. The Kier molecular flexibility index (Phi) is 7.17. The van der Waals surface area contributed by atoms with Gasteiger partial charge in [0.25, 0.3) is 5.91 Å². The molecule has 33 heavy (non-hydrogen) atoms. The number of amides is 1. The molecule has 0 saturated carbocycles. The summed E-state index contributed by atoms with van der Waals surface area (Å²) in [4.78, 5) is 16.7. The molecule has 0 spiro atoms. The van der Waals surface area contributed by atoms with Crippen LogP contribution in [0.3, 0.4) is 0 Å². The Labute approximate surface area is 200 Å². The van der Waals surface area contributed by atoms with Crippen molar-refractivity contribution >= 4 is 22.2 Å². The first kappa shape index (κ1) is 23.5. The van der Waals surface area contributed by atoms with Gasteiger partial charge in [-0.15, -0.1) is 11.3 Å². The monoisotopic (exact) mass is 464 g/mol. The van der Waals surface area contributed by atoms with E-state index in [0.29, 0.717) is 5.56 Å². The van der Waals surface area contributed by atoms with Crippen LogP contribution in [0.25, 0.3) is 0 Å². The number of nitrogens with one attached hydrogen (secondary N) is 1. The summed E-state index contributed by atoms with van der Waals surface area (Å²) in [6.07, 6.45) is 0.272. The van der Waals surface area contributed by atoms with E-state index >= 15 is 0 Å². The molecule has 2 aromatic carbocycles. The molecule has 1 saturated heterocycles. The molecular weight excluding hydrogens is 432 g/mol. The second-order valence-electron chi connectivity index (χ2n) is 8.73. The van der Waals surface area contributed by atoms with E-state index in [4.69, 9.17) is 9.47 Å². The lowest BCUT2D eigenvalue weighted by molar-refractivity contribution is -0.0765.